The van der Waals surface area contributed by atoms with E-state index >= 15 is 0 Å². The molecule has 0 unspecified atom stereocenters. The van der Waals surface area contributed by atoms with Gasteiger partial charge in [-0.3, -0.25) is 0 Å². The van der Waals surface area contributed by atoms with E-state index in [1.807, 2.05) is 0 Å². The molecule has 4 rings (SSSR count). The molecule has 0 amide bonds. The third-order valence-electron chi connectivity index (χ3n) is 5.61. The van der Waals surface area contributed by atoms with Crippen LogP contribution >= 0.6 is 0 Å². The van der Waals surface area contributed by atoms with Gasteiger partial charge in [-0.05, 0) is 49.4 Å². The van der Waals surface area contributed by atoms with E-state index in [2.05, 4.69) is 0 Å². The zero-order valence-corrected chi connectivity index (χ0v) is 21.1. The van der Waals surface area contributed by atoms with Gasteiger partial charge in [0.25, 0.3) is 0 Å². The van der Waals surface area contributed by atoms with E-state index in [1.165, 1.54) is 12.1 Å². The standard InChI is InChI=1S/C23H22F3NO7S2/c1-4-33-22(28)20-17-11-16(13-5-6-13)18(27(35(2,29)30)36(3,31)32)12-19(17)34-21(20)14-7-9-15(10-8-14)23(24,25)26/h7-13H,4-6H2,1-3H3. The molecule has 1 saturated carbocycles. The number of furan rings is 1. The lowest BCUT2D eigenvalue weighted by Crippen LogP contribution is -2.35. The average Bonchev–Trinajstić information content (AvgIpc) is 3.51. The number of hydrogen-bond acceptors (Lipinski definition) is 7. The highest BCUT2D eigenvalue weighted by atomic mass is 32.3. The molecule has 0 radical (unpaired) electrons. The summed E-state index contributed by atoms with van der Waals surface area (Å²) < 4.78 is 100. The fourth-order valence-corrected chi connectivity index (χ4v) is 7.05. The lowest BCUT2D eigenvalue weighted by atomic mass is 10.0. The Kier molecular flexibility index (Phi) is 6.36. The van der Waals surface area contributed by atoms with Gasteiger partial charge in [-0.25, -0.2) is 21.6 Å². The van der Waals surface area contributed by atoms with Crippen LogP contribution in [0, 0.1) is 0 Å². The summed E-state index contributed by atoms with van der Waals surface area (Å²) in [6.45, 7) is 1.60. The second-order valence-electron chi connectivity index (χ2n) is 8.51. The average molecular weight is 546 g/mol. The topological polar surface area (TPSA) is 111 Å². The van der Waals surface area contributed by atoms with Crippen molar-refractivity contribution in [3.05, 3.63) is 53.1 Å². The van der Waals surface area contributed by atoms with E-state index < -0.39 is 37.8 Å². The van der Waals surface area contributed by atoms with Crippen LogP contribution in [-0.4, -0.2) is 41.9 Å². The highest BCUT2D eigenvalue weighted by Gasteiger charge is 2.37. The molecular formula is C23H22F3NO7S2. The molecule has 0 N–H and O–H groups in total. The van der Waals surface area contributed by atoms with Gasteiger partial charge in [-0.2, -0.15) is 16.9 Å². The van der Waals surface area contributed by atoms with Crippen LogP contribution < -0.4 is 3.71 Å². The van der Waals surface area contributed by atoms with E-state index in [0.29, 0.717) is 22.1 Å². The predicted octanol–water partition coefficient (Wildman–Crippen LogP) is 4.90. The van der Waals surface area contributed by atoms with Crippen molar-refractivity contribution in [2.24, 2.45) is 0 Å². The smallest absolute Gasteiger partial charge is 0.416 e. The normalized spacial score (nSPS) is 14.7. The van der Waals surface area contributed by atoms with Crippen LogP contribution in [-0.2, 0) is 31.0 Å². The SMILES string of the molecule is CCOC(=O)c1c(-c2ccc(C(F)(F)F)cc2)oc2cc(N(S(C)(=O)=O)S(C)(=O)=O)c(C3CC3)cc12. The Balaban J connectivity index is 2.01. The lowest BCUT2D eigenvalue weighted by Gasteiger charge is -2.22. The van der Waals surface area contributed by atoms with Crippen molar-refractivity contribution < 1.29 is 44.0 Å². The minimum Gasteiger partial charge on any atom is -0.462 e. The van der Waals surface area contributed by atoms with Crippen molar-refractivity contribution in [1.82, 2.24) is 0 Å². The van der Waals surface area contributed by atoms with Crippen molar-refractivity contribution in [3.63, 3.8) is 0 Å². The van der Waals surface area contributed by atoms with Crippen LogP contribution in [0.15, 0.2) is 40.8 Å². The summed E-state index contributed by atoms with van der Waals surface area (Å²) in [6, 6.07) is 6.69. The number of fused-ring (bicyclic) bond motifs is 1. The van der Waals surface area contributed by atoms with E-state index in [4.69, 9.17) is 9.15 Å². The zero-order valence-electron chi connectivity index (χ0n) is 19.4. The fraction of sp³-hybridized carbons (Fsp3) is 0.348. The van der Waals surface area contributed by atoms with Crippen molar-refractivity contribution in [2.75, 3.05) is 22.8 Å². The number of esters is 1. The molecule has 194 valence electrons. The van der Waals surface area contributed by atoms with Gasteiger partial charge in [-0.1, -0.05) is 12.1 Å². The van der Waals surface area contributed by atoms with Crippen LogP contribution in [0.2, 0.25) is 0 Å². The molecule has 1 aromatic heterocycles. The molecular weight excluding hydrogens is 523 g/mol. The van der Waals surface area contributed by atoms with Crippen molar-refractivity contribution in [2.45, 2.75) is 31.9 Å². The first-order valence-corrected chi connectivity index (χ1v) is 14.5. The molecule has 1 aliphatic rings. The molecule has 1 fully saturated rings. The fourth-order valence-electron chi connectivity index (χ4n) is 4.05. The van der Waals surface area contributed by atoms with Crippen molar-refractivity contribution >= 4 is 42.7 Å². The Morgan fingerprint density at radius 1 is 1.06 bits per heavy atom. The maximum absolute atomic E-state index is 13.0. The molecule has 1 aliphatic carbocycles. The Morgan fingerprint density at radius 3 is 2.11 bits per heavy atom. The second-order valence-corrected chi connectivity index (χ2v) is 12.4. The van der Waals surface area contributed by atoms with Gasteiger partial charge in [0.15, 0.2) is 0 Å². The molecule has 0 aliphatic heterocycles. The predicted molar refractivity (Wildman–Crippen MR) is 127 cm³/mol. The van der Waals surface area contributed by atoms with Gasteiger partial charge in [0, 0.05) is 17.0 Å². The van der Waals surface area contributed by atoms with Crippen molar-refractivity contribution in [1.29, 1.82) is 0 Å². The molecule has 0 atom stereocenters. The van der Waals surface area contributed by atoms with Gasteiger partial charge in [-0.15, -0.1) is 0 Å². The molecule has 1 heterocycles. The summed E-state index contributed by atoms with van der Waals surface area (Å²) in [5.41, 5.74) is -0.549. The quantitative estimate of drug-likeness (QED) is 0.389. The third-order valence-corrected chi connectivity index (χ3v) is 8.83. The number of anilines is 1. The van der Waals surface area contributed by atoms with Crippen LogP contribution in [0.1, 0.15) is 47.2 Å². The number of nitrogens with zero attached hydrogens (tertiary/aromatic N) is 1. The Hall–Kier alpha value is -3.06. The number of alkyl halides is 3. The van der Waals surface area contributed by atoms with Crippen LogP contribution in [0.25, 0.3) is 22.3 Å². The largest absolute Gasteiger partial charge is 0.462 e. The first-order chi connectivity index (χ1) is 16.6. The number of halogens is 3. The second kappa shape index (κ2) is 8.80. The lowest BCUT2D eigenvalue weighted by molar-refractivity contribution is -0.137. The number of rotatable bonds is 7. The summed E-state index contributed by atoms with van der Waals surface area (Å²) in [7, 11) is -8.53. The first kappa shape index (κ1) is 26.0. The van der Waals surface area contributed by atoms with Gasteiger partial charge < -0.3 is 9.15 Å². The van der Waals surface area contributed by atoms with E-state index in [0.717, 1.165) is 36.8 Å². The zero-order chi connectivity index (χ0) is 26.6. The van der Waals surface area contributed by atoms with Gasteiger partial charge in [0.1, 0.15) is 16.9 Å². The number of ether oxygens (including phenoxy) is 1. The van der Waals surface area contributed by atoms with Crippen LogP contribution in [0.5, 0.6) is 0 Å². The number of carbonyl (C=O) groups excluding carboxylic acids is 1. The Labute approximate surface area is 205 Å². The Bertz CT molecular complexity index is 1520. The highest BCUT2D eigenvalue weighted by Crippen LogP contribution is 2.48. The molecule has 13 heteroatoms. The van der Waals surface area contributed by atoms with Crippen molar-refractivity contribution in [3.8, 4) is 11.3 Å². The number of sulfonamides is 2. The maximum Gasteiger partial charge on any atom is 0.416 e. The third kappa shape index (κ3) is 4.94. The van der Waals surface area contributed by atoms with Gasteiger partial charge in [0.05, 0.1) is 30.4 Å². The van der Waals surface area contributed by atoms with Crippen LogP contribution in [0.4, 0.5) is 18.9 Å². The van der Waals surface area contributed by atoms with E-state index in [-0.39, 0.29) is 46.1 Å². The summed E-state index contributed by atoms with van der Waals surface area (Å²) >= 11 is 0. The first-order valence-electron chi connectivity index (χ1n) is 10.8. The summed E-state index contributed by atoms with van der Waals surface area (Å²) in [5, 5.41) is 0.232. The molecule has 0 saturated heterocycles. The minimum absolute atomic E-state index is 0.0153. The molecule has 0 spiro atoms. The minimum atomic E-state index is -4.56. The molecule has 0 bridgehead atoms. The van der Waals surface area contributed by atoms with Crippen LogP contribution in [0.3, 0.4) is 0 Å². The molecule has 2 aromatic carbocycles. The van der Waals surface area contributed by atoms with Gasteiger partial charge >= 0.3 is 12.1 Å². The maximum atomic E-state index is 13.0. The molecule has 8 nitrogen and oxygen atoms in total. The number of benzene rings is 2. The number of hydrogen-bond donors (Lipinski definition) is 0. The number of carbonyl (C=O) groups is 1. The summed E-state index contributed by atoms with van der Waals surface area (Å²) in [6.07, 6.45) is -1.69. The molecule has 3 aromatic rings. The van der Waals surface area contributed by atoms with Gasteiger partial charge in [0.2, 0.25) is 20.0 Å². The van der Waals surface area contributed by atoms with E-state index in [1.54, 1.807) is 6.92 Å². The Morgan fingerprint density at radius 2 is 1.64 bits per heavy atom. The summed E-state index contributed by atoms with van der Waals surface area (Å²) in [5.74, 6) is -1.01. The molecule has 36 heavy (non-hydrogen) atoms. The monoisotopic (exact) mass is 545 g/mol. The summed E-state index contributed by atoms with van der Waals surface area (Å²) in [4.78, 5) is 12.9. The van der Waals surface area contributed by atoms with E-state index in [9.17, 15) is 34.8 Å². The highest BCUT2D eigenvalue weighted by molar-refractivity contribution is 8.09.